The summed E-state index contributed by atoms with van der Waals surface area (Å²) in [7, 11) is 0. The first kappa shape index (κ1) is 12.6. The van der Waals surface area contributed by atoms with Crippen LogP contribution in [0.15, 0.2) is 16.8 Å². The van der Waals surface area contributed by atoms with E-state index in [1.54, 1.807) is 12.3 Å². The van der Waals surface area contributed by atoms with Crippen LogP contribution in [0.5, 0.6) is 0 Å². The topological polar surface area (TPSA) is 90.7 Å². The molecule has 2 N–H and O–H groups in total. The van der Waals surface area contributed by atoms with Crippen LogP contribution in [-0.4, -0.2) is 26.2 Å². The Morgan fingerprint density at radius 3 is 2.94 bits per heavy atom. The fourth-order valence-electron chi connectivity index (χ4n) is 1.62. The van der Waals surface area contributed by atoms with Crippen LogP contribution < -0.4 is 5.73 Å². The van der Waals surface area contributed by atoms with Crippen molar-refractivity contribution in [3.8, 4) is 11.5 Å². The minimum absolute atomic E-state index is 0.205. The maximum atomic E-state index is 5.69. The molecule has 2 rings (SSSR count). The quantitative estimate of drug-likeness (QED) is 0.861. The molecule has 0 aliphatic rings. The molecule has 0 aliphatic carbocycles. The summed E-state index contributed by atoms with van der Waals surface area (Å²) in [5.74, 6) is 1.83. The summed E-state index contributed by atoms with van der Waals surface area (Å²) in [5.41, 5.74) is 6.37. The molecule has 0 radical (unpaired) electrons. The summed E-state index contributed by atoms with van der Waals surface area (Å²) in [6.07, 6.45) is 4.33. The highest BCUT2D eigenvalue weighted by Gasteiger charge is 2.10. The Morgan fingerprint density at radius 2 is 2.22 bits per heavy atom. The van der Waals surface area contributed by atoms with Crippen LogP contribution in [0.4, 0.5) is 0 Å². The minimum Gasteiger partial charge on any atom is -0.339 e. The molecule has 1 unspecified atom stereocenters. The molecule has 18 heavy (non-hydrogen) atoms. The molecule has 0 saturated heterocycles. The van der Waals surface area contributed by atoms with Crippen LogP contribution in [0, 0.1) is 6.92 Å². The van der Waals surface area contributed by atoms with Crippen LogP contribution in [0.25, 0.3) is 11.5 Å². The Labute approximate surface area is 106 Å². The van der Waals surface area contributed by atoms with Gasteiger partial charge in [0.2, 0.25) is 11.7 Å². The van der Waals surface area contributed by atoms with Gasteiger partial charge in [-0.3, -0.25) is 0 Å². The third kappa shape index (κ3) is 3.33. The average Bonchev–Trinajstić information content (AvgIpc) is 2.77. The molecule has 2 aromatic heterocycles. The lowest BCUT2D eigenvalue weighted by molar-refractivity contribution is 0.373. The van der Waals surface area contributed by atoms with E-state index < -0.39 is 0 Å². The number of hydrogen-bond acceptors (Lipinski definition) is 6. The zero-order chi connectivity index (χ0) is 13.0. The van der Waals surface area contributed by atoms with E-state index in [1.165, 1.54) is 0 Å². The summed E-state index contributed by atoms with van der Waals surface area (Å²) < 4.78 is 5.18. The van der Waals surface area contributed by atoms with E-state index in [-0.39, 0.29) is 6.04 Å². The second kappa shape index (κ2) is 5.68. The van der Waals surface area contributed by atoms with Crippen molar-refractivity contribution in [3.05, 3.63) is 24.0 Å². The average molecular weight is 247 g/mol. The van der Waals surface area contributed by atoms with Crippen molar-refractivity contribution in [2.24, 2.45) is 5.73 Å². The summed E-state index contributed by atoms with van der Waals surface area (Å²) in [5, 5.41) is 3.92. The Morgan fingerprint density at radius 1 is 1.39 bits per heavy atom. The molecular formula is C12H17N5O. The van der Waals surface area contributed by atoms with Crippen LogP contribution in [0.2, 0.25) is 0 Å². The Bertz CT molecular complexity index is 509. The second-order valence-corrected chi connectivity index (χ2v) is 4.37. The number of aryl methyl sites for hydroxylation is 2. The predicted octanol–water partition coefficient (Wildman–Crippen LogP) is 1.50. The SMILES string of the molecule is Cc1nccc(-c2noc(CCCC(C)N)n2)n1. The molecule has 96 valence electrons. The lowest BCUT2D eigenvalue weighted by Crippen LogP contribution is -2.14. The Balaban J connectivity index is 2.02. The van der Waals surface area contributed by atoms with Crippen molar-refractivity contribution in [3.63, 3.8) is 0 Å². The molecule has 0 fully saturated rings. The molecule has 2 aromatic rings. The van der Waals surface area contributed by atoms with Gasteiger partial charge in [0.25, 0.3) is 0 Å². The number of rotatable bonds is 5. The van der Waals surface area contributed by atoms with Crippen LogP contribution in [0.1, 0.15) is 31.5 Å². The highest BCUT2D eigenvalue weighted by Crippen LogP contribution is 2.13. The molecule has 1 atom stereocenters. The smallest absolute Gasteiger partial charge is 0.227 e. The third-order valence-electron chi connectivity index (χ3n) is 2.52. The van der Waals surface area contributed by atoms with Crippen molar-refractivity contribution in [1.82, 2.24) is 20.1 Å². The highest BCUT2D eigenvalue weighted by atomic mass is 16.5. The van der Waals surface area contributed by atoms with Gasteiger partial charge in [-0.25, -0.2) is 9.97 Å². The van der Waals surface area contributed by atoms with E-state index >= 15 is 0 Å². The van der Waals surface area contributed by atoms with E-state index in [9.17, 15) is 0 Å². The maximum Gasteiger partial charge on any atom is 0.227 e. The zero-order valence-electron chi connectivity index (χ0n) is 10.6. The number of nitrogens with two attached hydrogens (primary N) is 1. The van der Waals surface area contributed by atoms with Gasteiger partial charge in [0.1, 0.15) is 11.5 Å². The van der Waals surface area contributed by atoms with Crippen molar-refractivity contribution >= 4 is 0 Å². The summed E-state index contributed by atoms with van der Waals surface area (Å²) in [4.78, 5) is 12.6. The van der Waals surface area contributed by atoms with Gasteiger partial charge in [0.15, 0.2) is 0 Å². The van der Waals surface area contributed by atoms with Crippen molar-refractivity contribution < 1.29 is 4.52 Å². The molecule has 6 nitrogen and oxygen atoms in total. The zero-order valence-corrected chi connectivity index (χ0v) is 10.6. The van der Waals surface area contributed by atoms with E-state index in [1.807, 2.05) is 13.8 Å². The summed E-state index contributed by atoms with van der Waals surface area (Å²) in [6, 6.07) is 1.97. The fourth-order valence-corrected chi connectivity index (χ4v) is 1.62. The van der Waals surface area contributed by atoms with Crippen molar-refractivity contribution in [2.75, 3.05) is 0 Å². The van der Waals surface area contributed by atoms with Gasteiger partial charge in [0.05, 0.1) is 0 Å². The van der Waals surface area contributed by atoms with Gasteiger partial charge >= 0.3 is 0 Å². The first-order valence-electron chi connectivity index (χ1n) is 6.03. The van der Waals surface area contributed by atoms with Gasteiger partial charge < -0.3 is 10.3 Å². The molecule has 0 amide bonds. The number of hydrogen-bond donors (Lipinski definition) is 1. The Hall–Kier alpha value is -1.82. The van der Waals surface area contributed by atoms with E-state index in [0.29, 0.717) is 23.2 Å². The first-order chi connectivity index (χ1) is 8.65. The maximum absolute atomic E-state index is 5.69. The monoisotopic (exact) mass is 247 g/mol. The number of aromatic nitrogens is 4. The lowest BCUT2D eigenvalue weighted by atomic mass is 10.1. The van der Waals surface area contributed by atoms with E-state index in [0.717, 1.165) is 19.3 Å². The largest absolute Gasteiger partial charge is 0.339 e. The van der Waals surface area contributed by atoms with Gasteiger partial charge in [-0.2, -0.15) is 4.98 Å². The summed E-state index contributed by atoms with van der Waals surface area (Å²) in [6.45, 7) is 3.82. The fraction of sp³-hybridized carbons (Fsp3) is 0.500. The predicted molar refractivity (Wildman–Crippen MR) is 66.6 cm³/mol. The van der Waals surface area contributed by atoms with Crippen LogP contribution >= 0.6 is 0 Å². The molecule has 0 aromatic carbocycles. The standard InChI is InChI=1S/C12H17N5O/c1-8(13)4-3-5-11-16-12(17-18-11)10-6-7-14-9(2)15-10/h6-8H,3-5,13H2,1-2H3. The van der Waals surface area contributed by atoms with Gasteiger partial charge in [-0.15, -0.1) is 0 Å². The normalized spacial score (nSPS) is 12.6. The Kier molecular flexibility index (Phi) is 3.99. The van der Waals surface area contributed by atoms with Crippen molar-refractivity contribution in [1.29, 1.82) is 0 Å². The molecule has 0 spiro atoms. The first-order valence-corrected chi connectivity index (χ1v) is 6.03. The molecule has 2 heterocycles. The summed E-state index contributed by atoms with van der Waals surface area (Å²) >= 11 is 0. The third-order valence-corrected chi connectivity index (χ3v) is 2.52. The molecule has 0 bridgehead atoms. The van der Waals surface area contributed by atoms with Crippen LogP contribution in [0.3, 0.4) is 0 Å². The van der Waals surface area contributed by atoms with Gasteiger partial charge in [-0.1, -0.05) is 5.16 Å². The number of nitrogens with zero attached hydrogens (tertiary/aromatic N) is 4. The minimum atomic E-state index is 0.205. The second-order valence-electron chi connectivity index (χ2n) is 4.37. The van der Waals surface area contributed by atoms with E-state index in [4.69, 9.17) is 10.3 Å². The molecule has 6 heteroatoms. The molecule has 0 saturated carbocycles. The van der Waals surface area contributed by atoms with Crippen LogP contribution in [-0.2, 0) is 6.42 Å². The highest BCUT2D eigenvalue weighted by molar-refractivity contribution is 5.46. The molecule has 0 aliphatic heterocycles. The van der Waals surface area contributed by atoms with Gasteiger partial charge in [0, 0.05) is 18.7 Å². The lowest BCUT2D eigenvalue weighted by Gasteiger charge is -2.00. The molecular weight excluding hydrogens is 230 g/mol. The van der Waals surface area contributed by atoms with Gasteiger partial charge in [-0.05, 0) is 32.8 Å². The van der Waals surface area contributed by atoms with Crippen molar-refractivity contribution in [2.45, 2.75) is 39.2 Å². The van der Waals surface area contributed by atoms with E-state index in [2.05, 4.69) is 20.1 Å².